The highest BCUT2D eigenvalue weighted by molar-refractivity contribution is 5.85. The zero-order chi connectivity index (χ0) is 16.8. The van der Waals surface area contributed by atoms with Crippen molar-refractivity contribution in [2.45, 2.75) is 31.7 Å². The van der Waals surface area contributed by atoms with Gasteiger partial charge in [-0.2, -0.15) is 5.10 Å². The third-order valence-corrected chi connectivity index (χ3v) is 4.95. The fourth-order valence-electron chi connectivity index (χ4n) is 3.51. The Hall–Kier alpha value is -1.85. The summed E-state index contributed by atoms with van der Waals surface area (Å²) in [5.74, 6) is 0.200. The summed E-state index contributed by atoms with van der Waals surface area (Å²) in [6, 6.07) is 12.3. The molecule has 1 N–H and O–H groups in total. The first-order valence-electron chi connectivity index (χ1n) is 8.80. The van der Waals surface area contributed by atoms with E-state index in [1.54, 1.807) is 6.20 Å². The minimum Gasteiger partial charge on any atom is -0.341 e. The van der Waals surface area contributed by atoms with Crippen LogP contribution in [0.15, 0.2) is 48.8 Å². The van der Waals surface area contributed by atoms with E-state index in [0.29, 0.717) is 0 Å². The van der Waals surface area contributed by atoms with Crippen LogP contribution in [0.2, 0.25) is 0 Å². The van der Waals surface area contributed by atoms with Crippen molar-refractivity contribution in [2.24, 2.45) is 0 Å². The van der Waals surface area contributed by atoms with Crippen molar-refractivity contribution >= 4 is 18.3 Å². The SMILES string of the molecule is CCN(CCc1ccccc1)C(=O)C1(n2cccn2)CCNCC1.Cl. The monoisotopic (exact) mass is 362 g/mol. The van der Waals surface area contributed by atoms with Gasteiger partial charge in [-0.15, -0.1) is 12.4 Å². The molecule has 1 saturated heterocycles. The zero-order valence-electron chi connectivity index (χ0n) is 14.7. The Morgan fingerprint density at radius 3 is 2.56 bits per heavy atom. The fourth-order valence-corrected chi connectivity index (χ4v) is 3.51. The molecule has 0 aliphatic carbocycles. The van der Waals surface area contributed by atoms with Gasteiger partial charge in [0.15, 0.2) is 0 Å². The number of amides is 1. The third kappa shape index (κ3) is 4.22. The van der Waals surface area contributed by atoms with Gasteiger partial charge in [0.2, 0.25) is 0 Å². The lowest BCUT2D eigenvalue weighted by atomic mass is 9.86. The molecule has 0 unspecified atom stereocenters. The summed E-state index contributed by atoms with van der Waals surface area (Å²) in [6.07, 6.45) is 6.14. The number of nitrogens with zero attached hydrogens (tertiary/aromatic N) is 3. The molecule has 6 heteroatoms. The topological polar surface area (TPSA) is 50.2 Å². The molecule has 1 aliphatic heterocycles. The molecule has 1 aromatic carbocycles. The number of piperidine rings is 1. The lowest BCUT2D eigenvalue weighted by Crippen LogP contribution is -2.56. The molecule has 0 spiro atoms. The highest BCUT2D eigenvalue weighted by Gasteiger charge is 2.43. The van der Waals surface area contributed by atoms with E-state index in [1.165, 1.54) is 5.56 Å². The molecule has 3 rings (SSSR count). The van der Waals surface area contributed by atoms with Crippen molar-refractivity contribution in [1.29, 1.82) is 0 Å². The summed E-state index contributed by atoms with van der Waals surface area (Å²) in [6.45, 7) is 5.22. The van der Waals surface area contributed by atoms with Crippen LogP contribution in [-0.2, 0) is 16.8 Å². The van der Waals surface area contributed by atoms with Gasteiger partial charge in [-0.25, -0.2) is 0 Å². The summed E-state index contributed by atoms with van der Waals surface area (Å²) in [4.78, 5) is 15.4. The Morgan fingerprint density at radius 1 is 1.24 bits per heavy atom. The molecule has 5 nitrogen and oxygen atoms in total. The highest BCUT2D eigenvalue weighted by atomic mass is 35.5. The van der Waals surface area contributed by atoms with Gasteiger partial charge in [0.25, 0.3) is 5.91 Å². The van der Waals surface area contributed by atoms with Crippen LogP contribution in [0.25, 0.3) is 0 Å². The number of nitrogens with one attached hydrogen (secondary N) is 1. The second kappa shape index (κ2) is 9.02. The van der Waals surface area contributed by atoms with E-state index < -0.39 is 5.54 Å². The Morgan fingerprint density at radius 2 is 1.96 bits per heavy atom. The molecule has 1 amide bonds. The van der Waals surface area contributed by atoms with Crippen molar-refractivity contribution < 1.29 is 4.79 Å². The van der Waals surface area contributed by atoms with Gasteiger partial charge in [0.1, 0.15) is 5.54 Å². The second-order valence-electron chi connectivity index (χ2n) is 6.35. The number of aromatic nitrogens is 2. The molecule has 25 heavy (non-hydrogen) atoms. The molecule has 136 valence electrons. The smallest absolute Gasteiger partial charge is 0.250 e. The van der Waals surface area contributed by atoms with Crippen molar-refractivity contribution in [3.8, 4) is 0 Å². The number of rotatable bonds is 6. The molecule has 2 heterocycles. The van der Waals surface area contributed by atoms with Crippen molar-refractivity contribution in [3.63, 3.8) is 0 Å². The summed E-state index contributed by atoms with van der Waals surface area (Å²) < 4.78 is 1.88. The zero-order valence-corrected chi connectivity index (χ0v) is 15.5. The van der Waals surface area contributed by atoms with Crippen LogP contribution in [0.5, 0.6) is 0 Å². The predicted molar refractivity (Wildman–Crippen MR) is 102 cm³/mol. The number of likely N-dealkylation sites (N-methyl/N-ethyl adjacent to an activating group) is 1. The van der Waals surface area contributed by atoms with Crippen LogP contribution in [0.1, 0.15) is 25.3 Å². The van der Waals surface area contributed by atoms with Crippen molar-refractivity contribution in [1.82, 2.24) is 20.0 Å². The van der Waals surface area contributed by atoms with E-state index in [1.807, 2.05) is 40.0 Å². The summed E-state index contributed by atoms with van der Waals surface area (Å²) >= 11 is 0. The van der Waals surface area contributed by atoms with Gasteiger partial charge < -0.3 is 10.2 Å². The normalized spacial score (nSPS) is 16.0. The molecular formula is C19H27ClN4O. The standard InChI is InChI=1S/C19H26N4O.ClH/c1-2-22(16-9-17-7-4-3-5-8-17)18(24)19(10-13-20-14-11-19)23-15-6-12-21-23;/h3-8,12,15,20H,2,9-11,13-14,16H2,1H3;1H. The van der Waals surface area contributed by atoms with E-state index in [2.05, 4.69) is 29.5 Å². The van der Waals surface area contributed by atoms with Crippen LogP contribution >= 0.6 is 12.4 Å². The number of hydrogen-bond acceptors (Lipinski definition) is 3. The Balaban J connectivity index is 0.00000225. The van der Waals surface area contributed by atoms with Gasteiger partial charge in [-0.1, -0.05) is 30.3 Å². The molecular weight excluding hydrogens is 336 g/mol. The lowest BCUT2D eigenvalue weighted by molar-refractivity contribution is -0.143. The van der Waals surface area contributed by atoms with Gasteiger partial charge in [0.05, 0.1) is 0 Å². The summed E-state index contributed by atoms with van der Waals surface area (Å²) in [7, 11) is 0. The largest absolute Gasteiger partial charge is 0.341 e. The Labute approximate surface area is 155 Å². The van der Waals surface area contributed by atoms with Gasteiger partial charge in [-0.3, -0.25) is 9.48 Å². The van der Waals surface area contributed by atoms with E-state index in [9.17, 15) is 4.79 Å². The van der Waals surface area contributed by atoms with Gasteiger partial charge >= 0.3 is 0 Å². The fraction of sp³-hybridized carbons (Fsp3) is 0.474. The third-order valence-electron chi connectivity index (χ3n) is 4.95. The molecule has 1 fully saturated rings. The van der Waals surface area contributed by atoms with E-state index in [4.69, 9.17) is 0 Å². The van der Waals surface area contributed by atoms with Crippen molar-refractivity contribution in [3.05, 3.63) is 54.4 Å². The van der Waals surface area contributed by atoms with Crippen LogP contribution in [0.3, 0.4) is 0 Å². The van der Waals surface area contributed by atoms with Gasteiger partial charge in [-0.05, 0) is 50.9 Å². The Kier molecular flexibility index (Phi) is 7.02. The maximum Gasteiger partial charge on any atom is 0.250 e. The van der Waals surface area contributed by atoms with E-state index >= 15 is 0 Å². The number of carbonyl (C=O) groups excluding carboxylic acids is 1. The number of benzene rings is 1. The summed E-state index contributed by atoms with van der Waals surface area (Å²) in [5, 5.41) is 7.77. The highest BCUT2D eigenvalue weighted by Crippen LogP contribution is 2.29. The number of hydrogen-bond donors (Lipinski definition) is 1. The lowest BCUT2D eigenvalue weighted by Gasteiger charge is -2.40. The van der Waals surface area contributed by atoms with Crippen molar-refractivity contribution in [2.75, 3.05) is 26.2 Å². The average Bonchev–Trinajstić information content (AvgIpc) is 3.19. The quantitative estimate of drug-likeness (QED) is 0.858. The van der Waals surface area contributed by atoms with E-state index in [-0.39, 0.29) is 18.3 Å². The molecule has 0 atom stereocenters. The first kappa shape index (κ1) is 19.5. The number of carbonyl (C=O) groups is 1. The first-order valence-corrected chi connectivity index (χ1v) is 8.80. The van der Waals surface area contributed by atoms with Crippen LogP contribution < -0.4 is 5.32 Å². The minimum atomic E-state index is -0.540. The van der Waals surface area contributed by atoms with Crippen LogP contribution in [0.4, 0.5) is 0 Å². The maximum atomic E-state index is 13.4. The molecule has 0 bridgehead atoms. The second-order valence-corrected chi connectivity index (χ2v) is 6.35. The molecule has 2 aromatic rings. The number of halogens is 1. The minimum absolute atomic E-state index is 0. The molecule has 1 aliphatic rings. The molecule has 0 radical (unpaired) electrons. The Bertz CT molecular complexity index is 639. The summed E-state index contributed by atoms with van der Waals surface area (Å²) in [5.41, 5.74) is 0.726. The average molecular weight is 363 g/mol. The predicted octanol–water partition coefficient (Wildman–Crippen LogP) is 2.47. The molecule has 0 saturated carbocycles. The first-order chi connectivity index (χ1) is 11.8. The van der Waals surface area contributed by atoms with Crippen LogP contribution in [-0.4, -0.2) is 46.8 Å². The van der Waals surface area contributed by atoms with E-state index in [0.717, 1.165) is 45.4 Å². The molecule has 1 aromatic heterocycles. The maximum absolute atomic E-state index is 13.4. The van der Waals surface area contributed by atoms with Crippen LogP contribution in [0, 0.1) is 0 Å². The van der Waals surface area contributed by atoms with Gasteiger partial charge in [0, 0.05) is 25.5 Å².